The molecule has 0 spiro atoms. The summed E-state index contributed by atoms with van der Waals surface area (Å²) < 4.78 is 42.1. The van der Waals surface area contributed by atoms with Gasteiger partial charge in [-0.1, -0.05) is 0 Å². The van der Waals surface area contributed by atoms with E-state index in [1.165, 1.54) is 12.1 Å². The minimum absolute atomic E-state index is 0.152. The Morgan fingerprint density at radius 2 is 1.92 bits per heavy atom. The third-order valence-corrected chi connectivity index (χ3v) is 9.32. The number of pyridine rings is 1. The van der Waals surface area contributed by atoms with Gasteiger partial charge in [-0.2, -0.15) is 5.10 Å². The first-order valence-corrected chi connectivity index (χ1v) is 14.5. The fourth-order valence-electron chi connectivity index (χ4n) is 6.39. The van der Waals surface area contributed by atoms with Gasteiger partial charge in [-0.3, -0.25) is 10.00 Å². The van der Waals surface area contributed by atoms with Gasteiger partial charge in [0.1, 0.15) is 16.9 Å². The number of aromatic amines is 1. The molecule has 2 aliphatic rings. The summed E-state index contributed by atoms with van der Waals surface area (Å²) in [6, 6.07) is 8.07. The highest BCUT2D eigenvalue weighted by molar-refractivity contribution is 7.79. The largest absolute Gasteiger partial charge is 0.493 e. The highest BCUT2D eigenvalue weighted by Gasteiger charge is 2.38. The van der Waals surface area contributed by atoms with Gasteiger partial charge in [0, 0.05) is 52.6 Å². The number of likely N-dealkylation sites (tertiary alicyclic amines) is 1. The smallest absolute Gasteiger partial charge is 0.171 e. The molecule has 8 nitrogen and oxygen atoms in total. The highest BCUT2D eigenvalue weighted by atomic mass is 32.2. The van der Waals surface area contributed by atoms with Crippen LogP contribution >= 0.6 is 0 Å². The third kappa shape index (κ3) is 5.17. The van der Waals surface area contributed by atoms with E-state index in [2.05, 4.69) is 25.1 Å². The summed E-state index contributed by atoms with van der Waals surface area (Å²) >= 11 is -1.94. The van der Waals surface area contributed by atoms with Crippen molar-refractivity contribution >= 4 is 32.9 Å². The zero-order valence-corrected chi connectivity index (χ0v) is 21.9. The van der Waals surface area contributed by atoms with Crippen LogP contribution in [-0.4, -0.2) is 58.9 Å². The van der Waals surface area contributed by atoms with Gasteiger partial charge in [-0.15, -0.1) is 0 Å². The maximum absolute atomic E-state index is 13.2. The number of benzene rings is 1. The van der Waals surface area contributed by atoms with Crippen LogP contribution in [0.1, 0.15) is 50.1 Å². The van der Waals surface area contributed by atoms with Crippen molar-refractivity contribution in [3.8, 4) is 5.75 Å². The molecule has 3 aromatic heterocycles. The number of H-pyrrole nitrogens is 1. The van der Waals surface area contributed by atoms with Gasteiger partial charge in [-0.25, -0.2) is 18.6 Å². The molecule has 4 heterocycles. The lowest BCUT2D eigenvalue weighted by Crippen LogP contribution is -2.49. The zero-order chi connectivity index (χ0) is 26.1. The number of piperidine rings is 1. The van der Waals surface area contributed by atoms with E-state index in [0.717, 1.165) is 79.1 Å². The predicted molar refractivity (Wildman–Crippen MR) is 145 cm³/mol. The second kappa shape index (κ2) is 11.0. The van der Waals surface area contributed by atoms with Gasteiger partial charge in [0.05, 0.1) is 12.8 Å². The van der Waals surface area contributed by atoms with E-state index in [9.17, 15) is 13.2 Å². The summed E-state index contributed by atoms with van der Waals surface area (Å²) in [4.78, 5) is 11.0. The topological polar surface area (TPSA) is 104 Å². The number of aromatic nitrogens is 4. The van der Waals surface area contributed by atoms with Crippen LogP contribution in [0.2, 0.25) is 0 Å². The van der Waals surface area contributed by atoms with E-state index < -0.39 is 11.1 Å². The summed E-state index contributed by atoms with van der Waals surface area (Å²) in [6.07, 6.45) is 11.0. The Morgan fingerprint density at radius 1 is 1.11 bits per heavy atom. The summed E-state index contributed by atoms with van der Waals surface area (Å²) in [5, 5.41) is 10.4. The SMILES string of the molecule is O=S(O)C(C1CCC(c2[nH]ncc3cnc4nccc4c23)CC1)N1CCCC(COc2ccc(F)cc2)C1. The van der Waals surface area contributed by atoms with Crippen molar-refractivity contribution in [2.24, 2.45) is 11.8 Å². The van der Waals surface area contributed by atoms with Gasteiger partial charge in [0.2, 0.25) is 0 Å². The summed E-state index contributed by atoms with van der Waals surface area (Å²) in [6.45, 7) is 2.07. The Morgan fingerprint density at radius 3 is 2.71 bits per heavy atom. The number of ether oxygens (including phenoxy) is 1. The molecule has 1 saturated heterocycles. The molecular formula is C28H32FN5O3S. The molecule has 38 heavy (non-hydrogen) atoms. The van der Waals surface area contributed by atoms with E-state index in [1.54, 1.807) is 24.5 Å². The first-order chi connectivity index (χ1) is 18.6. The lowest BCUT2D eigenvalue weighted by molar-refractivity contribution is 0.0877. The molecule has 2 N–H and O–H groups in total. The van der Waals surface area contributed by atoms with Crippen LogP contribution in [-0.2, 0) is 11.1 Å². The van der Waals surface area contributed by atoms with Gasteiger partial charge in [-0.05, 0) is 81.3 Å². The van der Waals surface area contributed by atoms with Crippen molar-refractivity contribution in [3.63, 3.8) is 0 Å². The Hall–Kier alpha value is -2.95. The number of hydrogen-bond donors (Lipinski definition) is 2. The summed E-state index contributed by atoms with van der Waals surface area (Å²) in [5.74, 6) is 1.08. The number of fused-ring (bicyclic) bond motifs is 3. The number of nitrogens with one attached hydrogen (secondary N) is 1. The molecule has 1 aliphatic carbocycles. The molecule has 200 valence electrons. The lowest BCUT2D eigenvalue weighted by atomic mass is 9.78. The normalized spacial score (nSPS) is 24.4. The fraction of sp³-hybridized carbons (Fsp3) is 0.464. The maximum Gasteiger partial charge on any atom is 0.171 e. The van der Waals surface area contributed by atoms with Crippen molar-refractivity contribution in [2.75, 3.05) is 19.7 Å². The molecule has 1 saturated carbocycles. The molecule has 2 fully saturated rings. The Bertz CT molecular complexity index is 1420. The van der Waals surface area contributed by atoms with Crippen LogP contribution in [0.15, 0.2) is 48.9 Å². The van der Waals surface area contributed by atoms with E-state index in [4.69, 9.17) is 4.74 Å². The molecule has 3 atom stereocenters. The second-order valence-electron chi connectivity index (χ2n) is 10.6. The van der Waals surface area contributed by atoms with Crippen LogP contribution in [0.4, 0.5) is 4.39 Å². The van der Waals surface area contributed by atoms with E-state index in [-0.39, 0.29) is 23.0 Å². The van der Waals surface area contributed by atoms with Crippen molar-refractivity contribution < 1.29 is 17.9 Å². The predicted octanol–water partition coefficient (Wildman–Crippen LogP) is 5.26. The Kier molecular flexibility index (Phi) is 7.36. The zero-order valence-electron chi connectivity index (χ0n) is 21.1. The highest BCUT2D eigenvalue weighted by Crippen LogP contribution is 2.41. The molecule has 6 rings (SSSR count). The number of halogens is 1. The van der Waals surface area contributed by atoms with E-state index >= 15 is 0 Å². The summed E-state index contributed by atoms with van der Waals surface area (Å²) in [5.41, 5.74) is 1.85. The lowest BCUT2D eigenvalue weighted by Gasteiger charge is -2.42. The number of rotatable bonds is 7. The van der Waals surface area contributed by atoms with Crippen LogP contribution in [0.5, 0.6) is 5.75 Å². The first kappa shape index (κ1) is 25.3. The van der Waals surface area contributed by atoms with Crippen LogP contribution in [0.3, 0.4) is 0 Å². The van der Waals surface area contributed by atoms with Crippen LogP contribution < -0.4 is 4.74 Å². The molecule has 0 radical (unpaired) electrons. The molecule has 4 aromatic rings. The molecule has 0 bridgehead atoms. The number of hydrogen-bond acceptors (Lipinski definition) is 6. The molecule has 3 unspecified atom stereocenters. The quantitative estimate of drug-likeness (QED) is 0.310. The van der Waals surface area contributed by atoms with E-state index in [1.807, 2.05) is 12.3 Å². The van der Waals surface area contributed by atoms with Crippen LogP contribution in [0, 0.1) is 17.7 Å². The van der Waals surface area contributed by atoms with Crippen molar-refractivity contribution in [3.05, 3.63) is 60.4 Å². The van der Waals surface area contributed by atoms with Crippen molar-refractivity contribution in [1.82, 2.24) is 25.1 Å². The van der Waals surface area contributed by atoms with E-state index in [0.29, 0.717) is 18.3 Å². The average molecular weight is 538 g/mol. The first-order valence-electron chi connectivity index (χ1n) is 13.4. The standard InChI is InChI=1S/C28H32FN5O3S/c29-22-7-9-23(10-8-22)37-17-18-2-1-13-34(16-18)28(38(35)36)20-5-3-19(4-6-20)26-25-21(15-32-33-26)14-31-27-24(25)11-12-30-27/h7-12,14-15,18-20,28,33H,1-6,13,16-17H2,(H,35,36). The maximum atomic E-state index is 13.2. The third-order valence-electron chi connectivity index (χ3n) is 8.22. The van der Waals surface area contributed by atoms with Crippen LogP contribution in [0.25, 0.3) is 21.8 Å². The molecule has 0 amide bonds. The Balaban J connectivity index is 1.13. The van der Waals surface area contributed by atoms with Gasteiger partial charge < -0.3 is 9.29 Å². The average Bonchev–Trinajstić information content (AvgIpc) is 3.42. The fourth-order valence-corrected chi connectivity index (χ4v) is 7.44. The summed E-state index contributed by atoms with van der Waals surface area (Å²) in [7, 11) is 0. The minimum Gasteiger partial charge on any atom is -0.493 e. The number of nitrogens with zero attached hydrogens (tertiary/aromatic N) is 4. The Labute approximate surface area is 223 Å². The van der Waals surface area contributed by atoms with Gasteiger partial charge >= 0.3 is 0 Å². The molecular weight excluding hydrogens is 505 g/mol. The molecule has 1 aliphatic heterocycles. The van der Waals surface area contributed by atoms with Gasteiger partial charge in [0.25, 0.3) is 0 Å². The second-order valence-corrected chi connectivity index (χ2v) is 11.6. The van der Waals surface area contributed by atoms with Crippen molar-refractivity contribution in [2.45, 2.75) is 49.8 Å². The molecule has 1 aromatic carbocycles. The monoisotopic (exact) mass is 537 g/mol. The molecule has 10 heteroatoms. The minimum atomic E-state index is -1.94. The van der Waals surface area contributed by atoms with Gasteiger partial charge in [0.15, 0.2) is 16.7 Å². The van der Waals surface area contributed by atoms with Crippen molar-refractivity contribution in [1.29, 1.82) is 0 Å².